The number of nitrogens with zero attached hydrogens (tertiary/aromatic N) is 5. The molecule has 1 aromatic carbocycles. The molecule has 39 heavy (non-hydrogen) atoms. The summed E-state index contributed by atoms with van der Waals surface area (Å²) in [5, 5.41) is 8.28. The normalized spacial score (nSPS) is 14.1. The molecule has 1 aliphatic heterocycles. The Balaban J connectivity index is 1.55. The van der Waals surface area contributed by atoms with E-state index in [1.54, 1.807) is 37.4 Å². The number of Topliss-reactive ketones (excluding diaryl/α,β-unsaturated/α-hetero) is 1. The van der Waals surface area contributed by atoms with Crippen molar-refractivity contribution in [3.63, 3.8) is 0 Å². The number of benzene rings is 1. The smallest absolute Gasteiger partial charge is 0.260 e. The molecule has 5 rings (SSSR count). The monoisotopic (exact) mass is 550 g/mol. The molecule has 0 bridgehead atoms. The highest BCUT2D eigenvalue weighted by molar-refractivity contribution is 6.33. The lowest BCUT2D eigenvalue weighted by molar-refractivity contribution is -0.119. The maximum absolute atomic E-state index is 13.9. The Labute approximate surface area is 230 Å². The summed E-state index contributed by atoms with van der Waals surface area (Å²) < 4.78 is 12.0. The van der Waals surface area contributed by atoms with Crippen LogP contribution in [0.1, 0.15) is 51.3 Å². The number of carbonyl (C=O) groups excluding carboxylic acids is 1. The second-order valence-electron chi connectivity index (χ2n) is 9.78. The van der Waals surface area contributed by atoms with Gasteiger partial charge < -0.3 is 14.6 Å². The zero-order chi connectivity index (χ0) is 27.4. The molecule has 204 valence electrons. The summed E-state index contributed by atoms with van der Waals surface area (Å²) in [6.45, 7) is 5.08. The number of ketones is 1. The van der Waals surface area contributed by atoms with Crippen molar-refractivity contribution in [2.75, 3.05) is 18.5 Å². The number of halogens is 1. The zero-order valence-corrected chi connectivity index (χ0v) is 22.8. The molecule has 1 fully saturated rings. The van der Waals surface area contributed by atoms with Crippen molar-refractivity contribution >= 4 is 34.4 Å². The van der Waals surface area contributed by atoms with Crippen LogP contribution in [-0.4, -0.2) is 49.7 Å². The van der Waals surface area contributed by atoms with Crippen LogP contribution in [0.5, 0.6) is 0 Å². The van der Waals surface area contributed by atoms with Crippen LogP contribution in [0.2, 0.25) is 5.02 Å². The zero-order valence-electron chi connectivity index (χ0n) is 22.1. The molecule has 0 amide bonds. The van der Waals surface area contributed by atoms with E-state index in [1.807, 2.05) is 0 Å². The van der Waals surface area contributed by atoms with Gasteiger partial charge in [0.15, 0.2) is 5.78 Å². The molecule has 1 aliphatic rings. The lowest BCUT2D eigenvalue weighted by atomic mass is 10.0. The number of anilines is 1. The second-order valence-corrected chi connectivity index (χ2v) is 10.2. The number of pyridine rings is 1. The van der Waals surface area contributed by atoms with Gasteiger partial charge in [0.05, 0.1) is 6.54 Å². The Bertz CT molecular complexity index is 1540. The first-order valence-corrected chi connectivity index (χ1v) is 13.7. The molecule has 10 nitrogen and oxygen atoms in total. The van der Waals surface area contributed by atoms with Crippen LogP contribution in [0, 0.1) is 6.92 Å². The Kier molecular flexibility index (Phi) is 8.33. The van der Waals surface area contributed by atoms with Crippen LogP contribution in [0.3, 0.4) is 0 Å². The van der Waals surface area contributed by atoms with E-state index in [0.29, 0.717) is 70.0 Å². The number of unbranched alkanes of at least 4 members (excludes halogenated alkanes) is 2. The third-order valence-electron chi connectivity index (χ3n) is 6.82. The maximum atomic E-state index is 13.9. The predicted molar refractivity (Wildman–Crippen MR) is 149 cm³/mol. The van der Waals surface area contributed by atoms with E-state index in [9.17, 15) is 9.59 Å². The van der Waals surface area contributed by atoms with Crippen molar-refractivity contribution < 1.29 is 14.1 Å². The van der Waals surface area contributed by atoms with Gasteiger partial charge in [0.25, 0.3) is 5.56 Å². The van der Waals surface area contributed by atoms with E-state index in [2.05, 4.69) is 32.3 Å². The first kappa shape index (κ1) is 27.0. The Morgan fingerprint density at radius 2 is 1.97 bits per heavy atom. The maximum Gasteiger partial charge on any atom is 0.260 e. The molecule has 1 saturated heterocycles. The van der Waals surface area contributed by atoms with Gasteiger partial charge in [0.1, 0.15) is 5.65 Å². The number of hydrogen-bond acceptors (Lipinski definition) is 9. The minimum Gasteiger partial charge on any atom is -0.381 e. The highest BCUT2D eigenvalue weighted by Gasteiger charge is 2.20. The molecule has 1 N–H and O–H groups in total. The summed E-state index contributed by atoms with van der Waals surface area (Å²) in [6, 6.07) is 7.15. The van der Waals surface area contributed by atoms with E-state index >= 15 is 0 Å². The number of aryl methyl sites for hydroxylation is 1. The highest BCUT2D eigenvalue weighted by atomic mass is 35.5. The molecule has 4 aromatic rings. The van der Waals surface area contributed by atoms with Crippen LogP contribution in [0.15, 0.2) is 39.8 Å². The van der Waals surface area contributed by atoms with Crippen molar-refractivity contribution in [2.24, 2.45) is 0 Å². The summed E-state index contributed by atoms with van der Waals surface area (Å²) in [5.74, 6) is 1.26. The van der Waals surface area contributed by atoms with Gasteiger partial charge in [-0.25, -0.2) is 4.98 Å². The van der Waals surface area contributed by atoms with Gasteiger partial charge in [-0.3, -0.25) is 14.2 Å². The molecular weight excluding hydrogens is 520 g/mol. The van der Waals surface area contributed by atoms with Crippen molar-refractivity contribution in [2.45, 2.75) is 65.0 Å². The number of ether oxygens (including phenoxy) is 1. The van der Waals surface area contributed by atoms with Gasteiger partial charge >= 0.3 is 0 Å². The fourth-order valence-corrected chi connectivity index (χ4v) is 4.99. The first-order valence-electron chi connectivity index (χ1n) is 13.3. The number of carbonyl (C=O) groups is 1. The number of aromatic nitrogens is 5. The summed E-state index contributed by atoms with van der Waals surface area (Å²) in [6.07, 6.45) is 6.54. The third-order valence-corrected chi connectivity index (χ3v) is 7.13. The number of hydrogen-bond donors (Lipinski definition) is 1. The van der Waals surface area contributed by atoms with E-state index < -0.39 is 0 Å². The van der Waals surface area contributed by atoms with Crippen molar-refractivity contribution in [3.05, 3.63) is 51.7 Å². The van der Waals surface area contributed by atoms with Gasteiger partial charge in [0.2, 0.25) is 17.7 Å². The third kappa shape index (κ3) is 6.17. The Morgan fingerprint density at radius 3 is 2.69 bits per heavy atom. The SMILES string of the molecule is CCCCCC(=O)Cn1c(=O)c(-c2ccc(-c3noc(C)n3)cc2Cl)cc2cnc(NC3CCOCC3)nc21. The van der Waals surface area contributed by atoms with Gasteiger partial charge in [-0.1, -0.05) is 48.7 Å². The largest absolute Gasteiger partial charge is 0.381 e. The minimum atomic E-state index is -0.341. The van der Waals surface area contributed by atoms with Crippen molar-refractivity contribution in [1.29, 1.82) is 0 Å². The van der Waals surface area contributed by atoms with Crippen molar-refractivity contribution in [1.82, 2.24) is 24.7 Å². The number of nitrogens with one attached hydrogen (secondary N) is 1. The minimum absolute atomic E-state index is 0.0181. The van der Waals surface area contributed by atoms with E-state index in [4.69, 9.17) is 20.9 Å². The molecule has 0 atom stereocenters. The van der Waals surface area contributed by atoms with Crippen molar-refractivity contribution in [3.8, 4) is 22.5 Å². The average molecular weight is 551 g/mol. The molecule has 0 spiro atoms. The predicted octanol–water partition coefficient (Wildman–Crippen LogP) is 5.21. The topological polar surface area (TPSA) is 125 Å². The van der Waals surface area contributed by atoms with Crippen LogP contribution >= 0.6 is 11.6 Å². The van der Waals surface area contributed by atoms with Crippen LogP contribution in [0.4, 0.5) is 5.95 Å². The van der Waals surface area contributed by atoms with E-state index in [0.717, 1.165) is 32.1 Å². The average Bonchev–Trinajstić information content (AvgIpc) is 3.37. The number of rotatable bonds is 10. The molecule has 0 radical (unpaired) electrons. The second kappa shape index (κ2) is 12.0. The van der Waals surface area contributed by atoms with E-state index in [-0.39, 0.29) is 23.9 Å². The van der Waals surface area contributed by atoms with Crippen LogP contribution in [0.25, 0.3) is 33.5 Å². The van der Waals surface area contributed by atoms with E-state index in [1.165, 1.54) is 4.57 Å². The molecule has 4 heterocycles. The standard InChI is InChI=1S/C28H31ClN6O4/c1-3-4-5-6-21(36)16-35-26-19(15-30-28(33-26)32-20-9-11-38-12-10-20)13-23(27(35)37)22-8-7-18(14-24(22)29)25-31-17(2)39-34-25/h7-8,13-15,20H,3-6,9-12,16H2,1-2H3,(H,30,32,33). The summed E-state index contributed by atoms with van der Waals surface area (Å²) in [5.41, 5.74) is 1.63. The highest BCUT2D eigenvalue weighted by Crippen LogP contribution is 2.31. The molecule has 3 aromatic heterocycles. The molecule has 0 saturated carbocycles. The van der Waals surface area contributed by atoms with Gasteiger partial charge in [-0.05, 0) is 31.4 Å². The summed E-state index contributed by atoms with van der Waals surface area (Å²) >= 11 is 6.67. The molecule has 0 aliphatic carbocycles. The Hall–Kier alpha value is -3.63. The quantitative estimate of drug-likeness (QED) is 0.265. The molecular formula is C28H31ClN6O4. The molecule has 0 unspecified atom stereocenters. The lowest BCUT2D eigenvalue weighted by Crippen LogP contribution is -2.29. The number of fused-ring (bicyclic) bond motifs is 1. The van der Waals surface area contributed by atoms with Gasteiger partial charge in [-0.2, -0.15) is 9.97 Å². The van der Waals surface area contributed by atoms with Crippen LogP contribution in [-0.2, 0) is 16.1 Å². The summed E-state index contributed by atoms with van der Waals surface area (Å²) in [7, 11) is 0. The fourth-order valence-electron chi connectivity index (χ4n) is 4.71. The lowest BCUT2D eigenvalue weighted by Gasteiger charge is -2.23. The Morgan fingerprint density at radius 1 is 1.15 bits per heavy atom. The summed E-state index contributed by atoms with van der Waals surface area (Å²) in [4.78, 5) is 40.2. The van der Waals surface area contributed by atoms with Gasteiger partial charge in [0, 0.05) is 65.9 Å². The van der Waals surface area contributed by atoms with Crippen LogP contribution < -0.4 is 10.9 Å². The fraction of sp³-hybridized carbons (Fsp3) is 0.429. The first-order chi connectivity index (χ1) is 18.9. The molecule has 11 heteroatoms. The van der Waals surface area contributed by atoms with Gasteiger partial charge in [-0.15, -0.1) is 0 Å².